The van der Waals surface area contributed by atoms with Gasteiger partial charge < -0.3 is 25.4 Å². The lowest BCUT2D eigenvalue weighted by Crippen LogP contribution is -2.35. The number of carbonyl (C=O) groups excluding carboxylic acids is 2. The van der Waals surface area contributed by atoms with Crippen LogP contribution in [0.3, 0.4) is 0 Å². The van der Waals surface area contributed by atoms with Gasteiger partial charge in [-0.2, -0.15) is 0 Å². The van der Waals surface area contributed by atoms with Gasteiger partial charge in [0, 0.05) is 43.5 Å². The van der Waals surface area contributed by atoms with Crippen LogP contribution in [0.25, 0.3) is 0 Å². The van der Waals surface area contributed by atoms with Crippen LogP contribution in [-0.4, -0.2) is 55.2 Å². The number of ether oxygens (including phenoxy) is 1. The molecule has 0 unspecified atom stereocenters. The number of halogens is 2. The average Bonchev–Trinajstić information content (AvgIpc) is 2.93. The minimum absolute atomic E-state index is 0.0303. The van der Waals surface area contributed by atoms with E-state index >= 15 is 0 Å². The Bertz CT molecular complexity index is 1140. The maximum Gasteiger partial charge on any atom is 0.306 e. The molecule has 4 rings (SSSR count). The molecular formula is C28H33F2N3O5. The Morgan fingerprint density at radius 2 is 1.50 bits per heavy atom. The first-order valence-electron chi connectivity index (χ1n) is 13.1. The molecule has 10 heteroatoms. The first-order chi connectivity index (χ1) is 18.3. The number of piperidine rings is 1. The third kappa shape index (κ3) is 6.99. The Balaban J connectivity index is 1.22. The number of carbonyl (C=O) groups is 3. The number of carboxylic acids is 1. The second kappa shape index (κ2) is 12.7. The quantitative estimate of drug-likeness (QED) is 0.422. The summed E-state index contributed by atoms with van der Waals surface area (Å²) < 4.78 is 34.7. The summed E-state index contributed by atoms with van der Waals surface area (Å²) >= 11 is 0. The molecule has 0 aromatic heterocycles. The van der Waals surface area contributed by atoms with E-state index in [1.54, 1.807) is 12.1 Å². The van der Waals surface area contributed by atoms with E-state index in [0.717, 1.165) is 30.9 Å². The van der Waals surface area contributed by atoms with Crippen molar-refractivity contribution in [3.05, 3.63) is 59.2 Å². The second-order valence-electron chi connectivity index (χ2n) is 9.80. The average molecular weight is 530 g/mol. The molecule has 2 fully saturated rings. The van der Waals surface area contributed by atoms with Crippen molar-refractivity contribution < 1.29 is 33.0 Å². The van der Waals surface area contributed by atoms with Crippen LogP contribution < -0.4 is 20.3 Å². The van der Waals surface area contributed by atoms with E-state index in [-0.39, 0.29) is 24.7 Å². The fourth-order valence-electron chi connectivity index (χ4n) is 4.93. The van der Waals surface area contributed by atoms with Gasteiger partial charge in [-0.25, -0.2) is 8.78 Å². The van der Waals surface area contributed by atoms with Gasteiger partial charge in [-0.05, 0) is 75.3 Å². The summed E-state index contributed by atoms with van der Waals surface area (Å²) in [6, 6.07) is 8.99. The normalized spacial score (nSPS) is 19.5. The van der Waals surface area contributed by atoms with E-state index in [2.05, 4.69) is 15.5 Å². The van der Waals surface area contributed by atoms with Crippen LogP contribution in [0.4, 0.5) is 14.5 Å². The Morgan fingerprint density at radius 3 is 2.13 bits per heavy atom. The molecule has 1 aliphatic heterocycles. The lowest BCUT2D eigenvalue weighted by molar-refractivity contribution is -0.143. The highest BCUT2D eigenvalue weighted by Crippen LogP contribution is 2.30. The van der Waals surface area contributed by atoms with E-state index in [9.17, 15) is 23.2 Å². The predicted molar refractivity (Wildman–Crippen MR) is 138 cm³/mol. The summed E-state index contributed by atoms with van der Waals surface area (Å²) in [5, 5.41) is 14.3. The summed E-state index contributed by atoms with van der Waals surface area (Å²) in [6.07, 6.45) is 4.83. The molecule has 0 spiro atoms. The third-order valence-electron chi connectivity index (χ3n) is 7.13. The monoisotopic (exact) mass is 529 g/mol. The molecule has 0 bridgehead atoms. The standard InChI is InChI=1S/C28H33F2N3O5/c29-23-17-25(38-21-10-6-19(7-11-21)28(36)37)24(30)16-22(23)27(35)32-13-12-31-26(34)18-4-8-20(9-5-18)33-14-2-1-3-15-33/h4-5,8-9,16-17,19,21H,1-3,6-7,10-15H2,(H,31,34)(H,32,35)(H,36,37). The van der Waals surface area contributed by atoms with E-state index in [1.807, 2.05) is 12.1 Å². The number of hydrogen-bond donors (Lipinski definition) is 3. The molecule has 38 heavy (non-hydrogen) atoms. The number of amides is 2. The molecule has 3 N–H and O–H groups in total. The van der Waals surface area contributed by atoms with Crippen molar-refractivity contribution in [2.24, 2.45) is 5.92 Å². The van der Waals surface area contributed by atoms with Gasteiger partial charge in [-0.15, -0.1) is 0 Å². The molecule has 2 aliphatic rings. The molecule has 2 amide bonds. The molecule has 1 heterocycles. The predicted octanol–water partition coefficient (Wildman–Crippen LogP) is 4.14. The number of nitrogens with one attached hydrogen (secondary N) is 2. The number of nitrogens with zero attached hydrogens (tertiary/aromatic N) is 1. The van der Waals surface area contributed by atoms with Gasteiger partial charge in [-0.1, -0.05) is 0 Å². The first-order valence-corrected chi connectivity index (χ1v) is 13.1. The highest BCUT2D eigenvalue weighted by molar-refractivity contribution is 5.95. The van der Waals surface area contributed by atoms with Crippen LogP contribution in [0.2, 0.25) is 0 Å². The lowest BCUT2D eigenvalue weighted by Gasteiger charge is -2.28. The fourth-order valence-corrected chi connectivity index (χ4v) is 4.93. The second-order valence-corrected chi connectivity index (χ2v) is 9.80. The van der Waals surface area contributed by atoms with Crippen molar-refractivity contribution in [3.8, 4) is 5.75 Å². The zero-order valence-corrected chi connectivity index (χ0v) is 21.2. The zero-order chi connectivity index (χ0) is 27.1. The zero-order valence-electron chi connectivity index (χ0n) is 21.2. The van der Waals surface area contributed by atoms with Crippen molar-refractivity contribution in [2.75, 3.05) is 31.1 Å². The molecule has 204 valence electrons. The van der Waals surface area contributed by atoms with E-state index < -0.39 is 41.1 Å². The van der Waals surface area contributed by atoms with Gasteiger partial charge in [0.05, 0.1) is 17.6 Å². The lowest BCUT2D eigenvalue weighted by atomic mass is 9.87. The molecule has 1 aliphatic carbocycles. The van der Waals surface area contributed by atoms with Crippen LogP contribution in [-0.2, 0) is 4.79 Å². The summed E-state index contributed by atoms with van der Waals surface area (Å²) in [5.41, 5.74) is 1.12. The summed E-state index contributed by atoms with van der Waals surface area (Å²) in [5.74, 6) is -4.53. The third-order valence-corrected chi connectivity index (χ3v) is 7.13. The summed E-state index contributed by atoms with van der Waals surface area (Å²) in [4.78, 5) is 38.2. The van der Waals surface area contributed by atoms with Crippen LogP contribution >= 0.6 is 0 Å². The number of aliphatic carboxylic acids is 1. The minimum Gasteiger partial charge on any atom is -0.487 e. The number of rotatable bonds is 9. The van der Waals surface area contributed by atoms with Crippen molar-refractivity contribution in [1.82, 2.24) is 10.6 Å². The number of carboxylic acid groups (broad SMARTS) is 1. The van der Waals surface area contributed by atoms with Crippen LogP contribution in [0.15, 0.2) is 36.4 Å². The Hall–Kier alpha value is -3.69. The maximum absolute atomic E-state index is 14.6. The highest BCUT2D eigenvalue weighted by atomic mass is 19.1. The van der Waals surface area contributed by atoms with Crippen LogP contribution in [0.1, 0.15) is 65.7 Å². The highest BCUT2D eigenvalue weighted by Gasteiger charge is 2.28. The van der Waals surface area contributed by atoms with Gasteiger partial charge in [0.25, 0.3) is 11.8 Å². The van der Waals surface area contributed by atoms with E-state index in [1.165, 1.54) is 19.3 Å². The topological polar surface area (TPSA) is 108 Å². The van der Waals surface area contributed by atoms with Crippen molar-refractivity contribution in [2.45, 2.75) is 51.0 Å². The smallest absolute Gasteiger partial charge is 0.306 e. The van der Waals surface area contributed by atoms with E-state index in [4.69, 9.17) is 9.84 Å². The molecule has 2 aromatic rings. The molecule has 0 radical (unpaired) electrons. The number of hydrogen-bond acceptors (Lipinski definition) is 5. The SMILES string of the molecule is O=C(NCCNC(=O)c1cc(F)c(OC2CCC(C(=O)O)CC2)cc1F)c1ccc(N2CCCCC2)cc1. The Morgan fingerprint density at radius 1 is 0.868 bits per heavy atom. The van der Waals surface area contributed by atoms with Gasteiger partial charge in [0.2, 0.25) is 0 Å². The van der Waals surface area contributed by atoms with Crippen molar-refractivity contribution in [1.29, 1.82) is 0 Å². The number of anilines is 1. The summed E-state index contributed by atoms with van der Waals surface area (Å²) in [7, 11) is 0. The van der Waals surface area contributed by atoms with Gasteiger partial charge in [0.1, 0.15) is 5.82 Å². The van der Waals surface area contributed by atoms with Crippen LogP contribution in [0.5, 0.6) is 5.75 Å². The van der Waals surface area contributed by atoms with Gasteiger partial charge >= 0.3 is 5.97 Å². The van der Waals surface area contributed by atoms with Crippen LogP contribution in [0, 0.1) is 17.6 Å². The molecule has 0 atom stereocenters. The Kier molecular flexibility index (Phi) is 9.15. The molecule has 1 saturated carbocycles. The fraction of sp³-hybridized carbons (Fsp3) is 0.464. The number of benzene rings is 2. The molecular weight excluding hydrogens is 496 g/mol. The summed E-state index contributed by atoms with van der Waals surface area (Å²) in [6.45, 7) is 2.17. The molecule has 1 saturated heterocycles. The first kappa shape index (κ1) is 27.3. The maximum atomic E-state index is 14.6. The minimum atomic E-state index is -0.934. The largest absolute Gasteiger partial charge is 0.487 e. The Labute approximate surface area is 220 Å². The van der Waals surface area contributed by atoms with Gasteiger partial charge in [-0.3, -0.25) is 14.4 Å². The molecule has 2 aromatic carbocycles. The molecule has 8 nitrogen and oxygen atoms in total. The van der Waals surface area contributed by atoms with Crippen molar-refractivity contribution in [3.63, 3.8) is 0 Å². The van der Waals surface area contributed by atoms with E-state index in [0.29, 0.717) is 31.2 Å². The van der Waals surface area contributed by atoms with Crippen molar-refractivity contribution >= 4 is 23.5 Å². The van der Waals surface area contributed by atoms with Gasteiger partial charge in [0.15, 0.2) is 11.6 Å².